The fourth-order valence-corrected chi connectivity index (χ4v) is 0.713. The van der Waals surface area contributed by atoms with Gasteiger partial charge in [0.25, 0.3) is 0 Å². The molecule has 0 heterocycles. The molecule has 0 saturated carbocycles. The molecule has 0 aromatic heterocycles. The van der Waals surface area contributed by atoms with Crippen LogP contribution in [0.5, 0.6) is 0 Å². The van der Waals surface area contributed by atoms with Crippen molar-refractivity contribution in [2.75, 3.05) is 0 Å². The quantitative estimate of drug-likeness (QED) is 0.349. The van der Waals surface area contributed by atoms with E-state index in [1.165, 1.54) is 6.20 Å². The third-order valence-electron chi connectivity index (χ3n) is 1.18. The number of nitrogens with zero attached hydrogens (tertiary/aromatic N) is 3. The van der Waals surface area contributed by atoms with Crippen LogP contribution in [0.25, 0.3) is 16.5 Å². The van der Waals surface area contributed by atoms with Crippen molar-refractivity contribution in [2.45, 2.75) is 0 Å². The highest BCUT2D eigenvalue weighted by Gasteiger charge is 1.78. The molecule has 0 bridgehead atoms. The lowest BCUT2D eigenvalue weighted by Crippen LogP contribution is -1.65. The first-order valence-electron chi connectivity index (χ1n) is 3.19. The van der Waals surface area contributed by atoms with Gasteiger partial charge in [-0.2, -0.15) is 0 Å². The fourth-order valence-electron chi connectivity index (χ4n) is 0.713. The monoisotopic (exact) mass is 145 g/mol. The number of benzene rings is 1. The molecular formula is C8H7N3. The Balaban J connectivity index is 2.72. The molecule has 3 nitrogen and oxygen atoms in total. The van der Waals surface area contributed by atoms with Gasteiger partial charge in [0.2, 0.25) is 0 Å². The first-order chi connectivity index (χ1) is 5.43. The Morgan fingerprint density at radius 3 is 2.64 bits per heavy atom. The van der Waals surface area contributed by atoms with Crippen LogP contribution in [-0.2, 0) is 0 Å². The van der Waals surface area contributed by atoms with Crippen LogP contribution in [0, 0.1) is 0 Å². The van der Waals surface area contributed by atoms with E-state index in [-0.39, 0.29) is 0 Å². The zero-order valence-corrected chi connectivity index (χ0v) is 5.88. The van der Waals surface area contributed by atoms with Crippen LogP contribution in [0.2, 0.25) is 0 Å². The molecule has 0 aliphatic rings. The molecule has 0 radical (unpaired) electrons. The van der Waals surface area contributed by atoms with Crippen molar-refractivity contribution >= 4 is 6.08 Å². The van der Waals surface area contributed by atoms with Crippen LogP contribution >= 0.6 is 0 Å². The minimum atomic E-state index is 1.03. The second-order valence-corrected chi connectivity index (χ2v) is 1.93. The molecule has 54 valence electrons. The van der Waals surface area contributed by atoms with Crippen molar-refractivity contribution in [3.8, 4) is 0 Å². The first-order valence-corrected chi connectivity index (χ1v) is 3.19. The Hall–Kier alpha value is -1.73. The summed E-state index contributed by atoms with van der Waals surface area (Å²) in [5.74, 6) is 0. The molecule has 0 N–H and O–H groups in total. The lowest BCUT2D eigenvalue weighted by Gasteiger charge is -1.87. The Morgan fingerprint density at radius 2 is 2.00 bits per heavy atom. The maximum Gasteiger partial charge on any atom is 0.00475 e. The van der Waals surface area contributed by atoms with E-state index in [1.807, 2.05) is 30.3 Å². The zero-order valence-electron chi connectivity index (χ0n) is 5.88. The average Bonchev–Trinajstić information content (AvgIpc) is 2.07. The number of hydrogen-bond acceptors (Lipinski definition) is 1. The Bertz CT molecular complexity index is 283. The van der Waals surface area contributed by atoms with Gasteiger partial charge in [0.05, 0.1) is 0 Å². The highest BCUT2D eigenvalue weighted by Crippen LogP contribution is 2.00. The molecule has 0 fully saturated rings. The van der Waals surface area contributed by atoms with E-state index in [4.69, 9.17) is 5.53 Å². The molecule has 11 heavy (non-hydrogen) atoms. The van der Waals surface area contributed by atoms with Crippen molar-refractivity contribution in [1.82, 2.24) is 0 Å². The molecule has 3 heteroatoms. The summed E-state index contributed by atoms with van der Waals surface area (Å²) in [6.45, 7) is 0. The zero-order chi connectivity index (χ0) is 7.94. The Labute approximate surface area is 64.6 Å². The third-order valence-corrected chi connectivity index (χ3v) is 1.18. The number of rotatable bonds is 2. The van der Waals surface area contributed by atoms with E-state index in [0.717, 1.165) is 5.56 Å². The number of hydrogen-bond donors (Lipinski definition) is 0. The minimum absolute atomic E-state index is 1.03. The normalized spacial score (nSPS) is 9.45. The second kappa shape index (κ2) is 4.14. The van der Waals surface area contributed by atoms with Crippen molar-refractivity contribution in [1.29, 1.82) is 0 Å². The molecule has 0 spiro atoms. The van der Waals surface area contributed by atoms with Crippen LogP contribution in [0.15, 0.2) is 41.6 Å². The van der Waals surface area contributed by atoms with Gasteiger partial charge in [-0.1, -0.05) is 41.5 Å². The van der Waals surface area contributed by atoms with E-state index in [2.05, 4.69) is 10.0 Å². The lowest BCUT2D eigenvalue weighted by atomic mass is 10.2. The fraction of sp³-hybridized carbons (Fsp3) is 0. The molecule has 1 aromatic rings. The van der Waals surface area contributed by atoms with Gasteiger partial charge >= 0.3 is 0 Å². The van der Waals surface area contributed by atoms with Gasteiger partial charge < -0.3 is 0 Å². The van der Waals surface area contributed by atoms with Crippen molar-refractivity contribution < 1.29 is 0 Å². The molecular weight excluding hydrogens is 138 g/mol. The van der Waals surface area contributed by atoms with Crippen LogP contribution in [0.1, 0.15) is 5.56 Å². The predicted octanol–water partition coefficient (Wildman–Crippen LogP) is 2.97. The van der Waals surface area contributed by atoms with E-state index in [1.54, 1.807) is 6.08 Å². The SMILES string of the molecule is [N-]=[N+]=NC=Cc1ccccc1. The van der Waals surface area contributed by atoms with E-state index in [9.17, 15) is 0 Å². The van der Waals surface area contributed by atoms with Gasteiger partial charge in [0.1, 0.15) is 0 Å². The van der Waals surface area contributed by atoms with Gasteiger partial charge in [-0.05, 0) is 11.1 Å². The summed E-state index contributed by atoms with van der Waals surface area (Å²) in [5.41, 5.74) is 8.98. The molecule has 0 unspecified atom stereocenters. The predicted molar refractivity (Wildman–Crippen MR) is 44.6 cm³/mol. The van der Waals surface area contributed by atoms with Crippen LogP contribution in [0.3, 0.4) is 0 Å². The molecule has 0 aliphatic heterocycles. The van der Waals surface area contributed by atoms with Crippen LogP contribution in [-0.4, -0.2) is 0 Å². The van der Waals surface area contributed by atoms with E-state index < -0.39 is 0 Å². The highest BCUT2D eigenvalue weighted by molar-refractivity contribution is 5.48. The summed E-state index contributed by atoms with van der Waals surface area (Å²) in [5, 5.41) is 3.27. The summed E-state index contributed by atoms with van der Waals surface area (Å²) >= 11 is 0. The van der Waals surface area contributed by atoms with Gasteiger partial charge in [-0.25, -0.2) is 0 Å². The molecule has 1 aromatic carbocycles. The Kier molecular flexibility index (Phi) is 2.78. The van der Waals surface area contributed by atoms with Gasteiger partial charge in [-0.15, -0.1) is 0 Å². The molecule has 0 saturated heterocycles. The molecule has 0 atom stereocenters. The Morgan fingerprint density at radius 1 is 1.27 bits per heavy atom. The summed E-state index contributed by atoms with van der Waals surface area (Å²) in [6.07, 6.45) is 3.18. The maximum absolute atomic E-state index is 7.95. The highest BCUT2D eigenvalue weighted by atomic mass is 15.1. The second-order valence-electron chi connectivity index (χ2n) is 1.93. The van der Waals surface area contributed by atoms with Crippen LogP contribution < -0.4 is 0 Å². The minimum Gasteiger partial charge on any atom is -0.0686 e. The van der Waals surface area contributed by atoms with Crippen molar-refractivity contribution in [2.24, 2.45) is 5.11 Å². The summed E-state index contributed by atoms with van der Waals surface area (Å²) in [4.78, 5) is 2.59. The topological polar surface area (TPSA) is 48.8 Å². The summed E-state index contributed by atoms with van der Waals surface area (Å²) in [6, 6.07) is 9.66. The third kappa shape index (κ3) is 2.56. The average molecular weight is 145 g/mol. The first kappa shape index (κ1) is 7.38. The maximum atomic E-state index is 7.95. The van der Waals surface area contributed by atoms with Gasteiger partial charge in [0, 0.05) is 11.1 Å². The van der Waals surface area contributed by atoms with Gasteiger partial charge in [0.15, 0.2) is 0 Å². The smallest absolute Gasteiger partial charge is 0.00475 e. The molecule has 0 amide bonds. The van der Waals surface area contributed by atoms with Crippen molar-refractivity contribution in [3.05, 3.63) is 52.5 Å². The van der Waals surface area contributed by atoms with E-state index >= 15 is 0 Å². The molecule has 1 rings (SSSR count). The summed E-state index contributed by atoms with van der Waals surface area (Å²) in [7, 11) is 0. The van der Waals surface area contributed by atoms with Crippen molar-refractivity contribution in [3.63, 3.8) is 0 Å². The number of azide groups is 1. The lowest BCUT2D eigenvalue weighted by molar-refractivity contribution is 1.52. The van der Waals surface area contributed by atoms with E-state index in [0.29, 0.717) is 0 Å². The van der Waals surface area contributed by atoms with Gasteiger partial charge in [-0.3, -0.25) is 0 Å². The van der Waals surface area contributed by atoms with Crippen LogP contribution in [0.4, 0.5) is 0 Å². The molecule has 0 aliphatic carbocycles. The standard InChI is InChI=1S/C8H7N3/c9-11-10-7-6-8-4-2-1-3-5-8/h1-7H. The summed E-state index contributed by atoms with van der Waals surface area (Å²) < 4.78 is 0. The largest absolute Gasteiger partial charge is 0.0686 e.